The number of carbonyl (C=O) groups excluding carboxylic acids is 1. The molecule has 0 spiro atoms. The van der Waals surface area contributed by atoms with Gasteiger partial charge < -0.3 is 4.90 Å². The van der Waals surface area contributed by atoms with Gasteiger partial charge in [-0.05, 0) is 48.4 Å². The highest BCUT2D eigenvalue weighted by molar-refractivity contribution is 7.99. The molecule has 0 N–H and O–H groups in total. The Kier molecular flexibility index (Phi) is 5.61. The molecule has 1 fully saturated rings. The normalized spacial score (nSPS) is 18.8. The van der Waals surface area contributed by atoms with E-state index < -0.39 is 9.84 Å². The fourth-order valence-corrected chi connectivity index (χ4v) is 5.57. The maximum Gasteiger partial charge on any atom is 0.233 e. The van der Waals surface area contributed by atoms with Crippen LogP contribution in [-0.4, -0.2) is 69.3 Å². The van der Waals surface area contributed by atoms with E-state index in [1.54, 1.807) is 9.58 Å². The summed E-state index contributed by atoms with van der Waals surface area (Å²) in [4.78, 5) is 14.3. The van der Waals surface area contributed by atoms with Crippen molar-refractivity contribution in [3.05, 3.63) is 29.8 Å². The van der Waals surface area contributed by atoms with Gasteiger partial charge in [0.15, 0.2) is 9.84 Å². The van der Waals surface area contributed by atoms with Gasteiger partial charge in [0.1, 0.15) is 0 Å². The Labute approximate surface area is 156 Å². The number of benzene rings is 1. The summed E-state index contributed by atoms with van der Waals surface area (Å²) in [6, 6.07) is 7.54. The Morgan fingerprint density at radius 2 is 2.23 bits per heavy atom. The molecule has 1 atom stereocenters. The van der Waals surface area contributed by atoms with Crippen LogP contribution in [0.3, 0.4) is 0 Å². The van der Waals surface area contributed by atoms with E-state index in [0.29, 0.717) is 18.1 Å². The van der Waals surface area contributed by atoms with Crippen LogP contribution in [0.4, 0.5) is 0 Å². The van der Waals surface area contributed by atoms with Crippen LogP contribution in [0, 0.1) is 6.92 Å². The molecule has 2 aromatic rings. The van der Waals surface area contributed by atoms with Gasteiger partial charge in [0, 0.05) is 12.6 Å². The van der Waals surface area contributed by atoms with E-state index in [-0.39, 0.29) is 29.2 Å². The summed E-state index contributed by atoms with van der Waals surface area (Å²) in [6.07, 6.45) is 0.508. The predicted octanol–water partition coefficient (Wildman–Crippen LogP) is 1.10. The summed E-state index contributed by atoms with van der Waals surface area (Å²) >= 11 is 1.25. The summed E-state index contributed by atoms with van der Waals surface area (Å²) < 4.78 is 25.0. The van der Waals surface area contributed by atoms with E-state index in [2.05, 4.69) is 15.5 Å². The average Bonchev–Trinajstić information content (AvgIpc) is 3.20. The number of thioether (sulfide) groups is 1. The van der Waals surface area contributed by atoms with Gasteiger partial charge in [-0.2, -0.15) is 4.68 Å². The number of aryl methyl sites for hydroxylation is 1. The van der Waals surface area contributed by atoms with Crippen molar-refractivity contribution in [2.75, 3.05) is 23.8 Å². The molecule has 10 heteroatoms. The van der Waals surface area contributed by atoms with E-state index >= 15 is 0 Å². The Morgan fingerprint density at radius 3 is 2.88 bits per heavy atom. The third-order valence-corrected chi connectivity index (χ3v) is 6.98. The molecule has 8 nitrogen and oxygen atoms in total. The third kappa shape index (κ3) is 4.24. The second-order valence-electron chi connectivity index (χ2n) is 6.24. The lowest BCUT2D eigenvalue weighted by Gasteiger charge is -2.26. The molecule has 0 aliphatic carbocycles. The molecular formula is C16H21N5O3S2. The second-order valence-corrected chi connectivity index (χ2v) is 9.41. The highest BCUT2D eigenvalue weighted by atomic mass is 32.2. The largest absolute Gasteiger partial charge is 0.338 e. The number of amides is 1. The van der Waals surface area contributed by atoms with Crippen LogP contribution in [0.1, 0.15) is 18.9 Å². The van der Waals surface area contributed by atoms with Gasteiger partial charge >= 0.3 is 0 Å². The topological polar surface area (TPSA) is 98.1 Å². The number of rotatable bonds is 6. The van der Waals surface area contributed by atoms with Crippen LogP contribution in [0.5, 0.6) is 0 Å². The molecule has 0 bridgehead atoms. The number of hydrogen-bond donors (Lipinski definition) is 0. The molecule has 2 heterocycles. The number of nitrogens with zero attached hydrogens (tertiary/aromatic N) is 5. The molecule has 1 aromatic heterocycles. The molecule has 3 rings (SSSR count). The maximum atomic E-state index is 12.6. The van der Waals surface area contributed by atoms with E-state index in [1.807, 2.05) is 38.1 Å². The summed E-state index contributed by atoms with van der Waals surface area (Å²) in [5, 5.41) is 12.2. The van der Waals surface area contributed by atoms with Crippen molar-refractivity contribution < 1.29 is 13.2 Å². The average molecular weight is 396 g/mol. The van der Waals surface area contributed by atoms with Gasteiger partial charge in [0.2, 0.25) is 11.1 Å². The highest BCUT2D eigenvalue weighted by Crippen LogP contribution is 2.22. The maximum absolute atomic E-state index is 12.6. The van der Waals surface area contributed by atoms with Crippen LogP contribution < -0.4 is 0 Å². The first-order valence-corrected chi connectivity index (χ1v) is 11.2. The molecule has 0 saturated carbocycles. The fraction of sp³-hybridized carbons (Fsp3) is 0.500. The molecule has 0 radical (unpaired) electrons. The lowest BCUT2D eigenvalue weighted by atomic mass is 10.2. The van der Waals surface area contributed by atoms with Crippen LogP contribution in [0.2, 0.25) is 0 Å². The minimum Gasteiger partial charge on any atom is -0.338 e. The highest BCUT2D eigenvalue weighted by Gasteiger charge is 2.33. The molecule has 1 aromatic carbocycles. The molecule has 0 unspecified atom stereocenters. The lowest BCUT2D eigenvalue weighted by molar-refractivity contribution is -0.129. The van der Waals surface area contributed by atoms with Crippen molar-refractivity contribution in [3.8, 4) is 5.69 Å². The van der Waals surface area contributed by atoms with Gasteiger partial charge in [0.05, 0.1) is 22.9 Å². The molecular weight excluding hydrogens is 374 g/mol. The van der Waals surface area contributed by atoms with E-state index in [4.69, 9.17) is 0 Å². The van der Waals surface area contributed by atoms with E-state index in [1.165, 1.54) is 11.8 Å². The summed E-state index contributed by atoms with van der Waals surface area (Å²) in [7, 11) is -3.03. The lowest BCUT2D eigenvalue weighted by Crippen LogP contribution is -2.42. The number of carbonyl (C=O) groups is 1. The molecule has 26 heavy (non-hydrogen) atoms. The molecule has 1 saturated heterocycles. The summed E-state index contributed by atoms with van der Waals surface area (Å²) in [5.41, 5.74) is 1.92. The fourth-order valence-electron chi connectivity index (χ4n) is 3.06. The predicted molar refractivity (Wildman–Crippen MR) is 99.1 cm³/mol. The Bertz CT molecular complexity index is 897. The zero-order valence-corrected chi connectivity index (χ0v) is 16.3. The van der Waals surface area contributed by atoms with E-state index in [9.17, 15) is 13.2 Å². The Hall–Kier alpha value is -1.94. The van der Waals surface area contributed by atoms with Crippen LogP contribution in [0.25, 0.3) is 5.69 Å². The number of aromatic nitrogens is 4. The zero-order chi connectivity index (χ0) is 18.7. The van der Waals surface area contributed by atoms with Crippen molar-refractivity contribution in [3.63, 3.8) is 0 Å². The van der Waals surface area contributed by atoms with Crippen LogP contribution >= 0.6 is 11.8 Å². The summed E-state index contributed by atoms with van der Waals surface area (Å²) in [6.45, 7) is 4.34. The smallest absolute Gasteiger partial charge is 0.233 e. The SMILES string of the molecule is CCN(C(=O)CSc1nnnn1-c1cccc(C)c1)[C@H]1CCS(=O)(=O)C1. The second kappa shape index (κ2) is 7.75. The number of tetrazole rings is 1. The number of hydrogen-bond acceptors (Lipinski definition) is 7. The Morgan fingerprint density at radius 1 is 1.42 bits per heavy atom. The van der Waals surface area contributed by atoms with Crippen molar-refractivity contribution in [2.45, 2.75) is 31.5 Å². The first-order chi connectivity index (χ1) is 12.4. The standard InChI is InChI=1S/C16H21N5O3S2/c1-3-20(14-7-8-26(23,24)11-14)15(22)10-25-16-17-18-19-21(16)13-6-4-5-12(2)9-13/h4-6,9,14H,3,7-8,10-11H2,1-2H3/t14-/m0/s1. The Balaban J connectivity index is 1.67. The van der Waals surface area contributed by atoms with Crippen molar-refractivity contribution in [1.29, 1.82) is 0 Å². The molecule has 140 valence electrons. The van der Waals surface area contributed by atoms with Gasteiger partial charge in [0.25, 0.3) is 0 Å². The van der Waals surface area contributed by atoms with Crippen molar-refractivity contribution in [2.24, 2.45) is 0 Å². The van der Waals surface area contributed by atoms with Gasteiger partial charge in [-0.3, -0.25) is 4.79 Å². The molecule has 1 aliphatic heterocycles. The van der Waals surface area contributed by atoms with Gasteiger partial charge in [-0.15, -0.1) is 5.10 Å². The van der Waals surface area contributed by atoms with Crippen molar-refractivity contribution >= 4 is 27.5 Å². The van der Waals surface area contributed by atoms with Crippen molar-refractivity contribution in [1.82, 2.24) is 25.1 Å². The first-order valence-electron chi connectivity index (χ1n) is 8.37. The monoisotopic (exact) mass is 395 g/mol. The molecule has 1 amide bonds. The number of sulfone groups is 1. The van der Waals surface area contributed by atoms with Crippen LogP contribution in [-0.2, 0) is 14.6 Å². The van der Waals surface area contributed by atoms with Gasteiger partial charge in [-0.25, -0.2) is 8.42 Å². The third-order valence-electron chi connectivity index (χ3n) is 4.32. The minimum atomic E-state index is -3.03. The first kappa shape index (κ1) is 18.8. The van der Waals surface area contributed by atoms with E-state index in [0.717, 1.165) is 11.3 Å². The zero-order valence-electron chi connectivity index (χ0n) is 14.7. The quantitative estimate of drug-likeness (QED) is 0.676. The molecule has 1 aliphatic rings. The summed E-state index contributed by atoms with van der Waals surface area (Å²) in [5.74, 6) is 0.271. The van der Waals surface area contributed by atoms with Crippen LogP contribution in [0.15, 0.2) is 29.4 Å². The minimum absolute atomic E-state index is 0.0538. The van der Waals surface area contributed by atoms with Gasteiger partial charge in [-0.1, -0.05) is 23.9 Å².